The molecule has 124 valence electrons. The van der Waals surface area contributed by atoms with Crippen LogP contribution < -0.4 is 0 Å². The van der Waals surface area contributed by atoms with E-state index in [0.29, 0.717) is 18.1 Å². The Kier molecular flexibility index (Phi) is 4.51. The van der Waals surface area contributed by atoms with Crippen molar-refractivity contribution in [3.63, 3.8) is 0 Å². The first kappa shape index (κ1) is 17.2. The molecule has 2 unspecified atom stereocenters. The third-order valence-corrected chi connectivity index (χ3v) is 5.56. The third kappa shape index (κ3) is 2.61. The van der Waals surface area contributed by atoms with Gasteiger partial charge in [0.2, 0.25) is 0 Å². The number of rotatable bonds is 5. The van der Waals surface area contributed by atoms with E-state index in [-0.39, 0.29) is 17.9 Å². The molecule has 0 aromatic heterocycles. The highest BCUT2D eigenvalue weighted by molar-refractivity contribution is 5.96. The molecule has 22 heavy (non-hydrogen) atoms. The van der Waals surface area contributed by atoms with Crippen LogP contribution in [0.1, 0.15) is 40.5 Å². The van der Waals surface area contributed by atoms with Crippen molar-refractivity contribution in [2.45, 2.75) is 58.3 Å². The third-order valence-electron chi connectivity index (χ3n) is 5.56. The molecule has 0 aromatic carbocycles. The van der Waals surface area contributed by atoms with Gasteiger partial charge in [0, 0.05) is 5.71 Å². The van der Waals surface area contributed by atoms with Gasteiger partial charge in [-0.25, -0.2) is 4.79 Å². The van der Waals surface area contributed by atoms with Gasteiger partial charge < -0.3 is 14.9 Å². The number of carbonyl (C=O) groups is 1. The topological polar surface area (TPSA) is 79.1 Å². The van der Waals surface area contributed by atoms with E-state index < -0.39 is 23.7 Å². The van der Waals surface area contributed by atoms with Gasteiger partial charge in [0.25, 0.3) is 0 Å². The Bertz CT molecular complexity index is 495. The van der Waals surface area contributed by atoms with E-state index >= 15 is 0 Å². The minimum absolute atomic E-state index is 0.0823. The Morgan fingerprint density at radius 3 is 2.64 bits per heavy atom. The van der Waals surface area contributed by atoms with Gasteiger partial charge >= 0.3 is 5.97 Å². The van der Waals surface area contributed by atoms with Crippen molar-refractivity contribution in [1.82, 2.24) is 0 Å². The quantitative estimate of drug-likeness (QED) is 0.599. The van der Waals surface area contributed by atoms with Crippen LogP contribution in [0.3, 0.4) is 0 Å². The monoisotopic (exact) mass is 309 g/mol. The molecule has 3 aliphatic rings. The number of fused-ring (bicyclic) bond motifs is 2. The van der Waals surface area contributed by atoms with Crippen LogP contribution >= 0.6 is 0 Å². The summed E-state index contributed by atoms with van der Waals surface area (Å²) >= 11 is 0. The molecule has 0 saturated heterocycles. The van der Waals surface area contributed by atoms with Crippen LogP contribution in [0.4, 0.5) is 0 Å². The van der Waals surface area contributed by atoms with E-state index in [4.69, 9.17) is 4.74 Å². The molecule has 3 rings (SSSR count). The molecule has 5 heteroatoms. The maximum atomic E-state index is 12.0. The van der Waals surface area contributed by atoms with Gasteiger partial charge in [0.15, 0.2) is 6.04 Å². The first-order valence-electron chi connectivity index (χ1n) is 7.93. The predicted molar refractivity (Wildman–Crippen MR) is 84.7 cm³/mol. The molecule has 0 radical (unpaired) electrons. The lowest BCUT2D eigenvalue weighted by molar-refractivity contribution is -0.147. The minimum atomic E-state index is -1.12. The zero-order valence-corrected chi connectivity index (χ0v) is 13.9. The standard InChI is InChI=1S/C17H27NO4/c1-6-11(19)14(15(20)22-7-2)18-13-9-10-8-12(16(10,3)4)17(13,5)21/h6,10-12,14,19,21H,1,7-9H2,2-5H3/b18-13-/t10?,11-,12?,14-,17+/m0/s1. The molecule has 0 spiro atoms. The highest BCUT2D eigenvalue weighted by atomic mass is 16.5. The SMILES string of the molecule is C=C[C@H](O)[C@H](/N=C1/CC2CC(C2(C)C)[C@@]1(C)O)C(=O)OCC. The second kappa shape index (κ2) is 5.78. The smallest absolute Gasteiger partial charge is 0.333 e. The van der Waals surface area contributed by atoms with Crippen molar-refractivity contribution in [2.75, 3.05) is 6.61 Å². The number of aliphatic hydroxyl groups excluding tert-OH is 1. The van der Waals surface area contributed by atoms with Crippen molar-refractivity contribution >= 4 is 11.7 Å². The molecule has 3 fully saturated rings. The summed E-state index contributed by atoms with van der Waals surface area (Å²) in [5.74, 6) is -0.00174. The summed E-state index contributed by atoms with van der Waals surface area (Å²) in [6.45, 7) is 11.5. The highest BCUT2D eigenvalue weighted by Gasteiger charge is 2.61. The Morgan fingerprint density at radius 2 is 2.18 bits per heavy atom. The van der Waals surface area contributed by atoms with E-state index in [9.17, 15) is 15.0 Å². The first-order valence-corrected chi connectivity index (χ1v) is 7.93. The molecular formula is C17H27NO4. The highest BCUT2D eigenvalue weighted by Crippen LogP contribution is 2.61. The molecule has 3 aliphatic carbocycles. The number of aliphatic imine (C=N–C) groups is 1. The molecule has 5 atom stereocenters. The second-order valence-corrected chi connectivity index (χ2v) is 7.16. The van der Waals surface area contributed by atoms with Gasteiger partial charge in [-0.05, 0) is 43.9 Å². The average Bonchev–Trinajstić information content (AvgIpc) is 2.44. The van der Waals surface area contributed by atoms with E-state index in [1.807, 2.05) is 0 Å². The Balaban J connectivity index is 2.29. The summed E-state index contributed by atoms with van der Waals surface area (Å²) < 4.78 is 4.98. The predicted octanol–water partition coefficient (Wildman–Crippen LogP) is 1.72. The molecule has 0 amide bonds. The summed E-state index contributed by atoms with van der Waals surface area (Å²) in [6, 6.07) is -1.06. The zero-order valence-electron chi connectivity index (χ0n) is 13.9. The fourth-order valence-corrected chi connectivity index (χ4v) is 3.93. The second-order valence-electron chi connectivity index (χ2n) is 7.16. The van der Waals surface area contributed by atoms with Gasteiger partial charge in [0.05, 0.1) is 6.61 Å². The lowest BCUT2D eigenvalue weighted by Crippen LogP contribution is -2.65. The van der Waals surface area contributed by atoms with E-state index in [1.165, 1.54) is 6.08 Å². The van der Waals surface area contributed by atoms with E-state index in [2.05, 4.69) is 25.4 Å². The number of hydrogen-bond acceptors (Lipinski definition) is 5. The van der Waals surface area contributed by atoms with Crippen LogP contribution in [-0.2, 0) is 9.53 Å². The fraction of sp³-hybridized carbons (Fsp3) is 0.765. The number of ether oxygens (including phenoxy) is 1. The van der Waals surface area contributed by atoms with E-state index in [1.54, 1.807) is 13.8 Å². The first-order chi connectivity index (χ1) is 10.2. The molecule has 5 nitrogen and oxygen atoms in total. The maximum absolute atomic E-state index is 12.0. The molecule has 0 heterocycles. The lowest BCUT2D eigenvalue weighted by atomic mass is 9.44. The van der Waals surface area contributed by atoms with Crippen molar-refractivity contribution < 1.29 is 19.7 Å². The van der Waals surface area contributed by atoms with Crippen molar-refractivity contribution in [3.8, 4) is 0 Å². The molecular weight excluding hydrogens is 282 g/mol. The molecule has 3 saturated carbocycles. The summed E-state index contributed by atoms with van der Waals surface area (Å²) in [4.78, 5) is 16.4. The minimum Gasteiger partial charge on any atom is -0.464 e. The number of carbonyl (C=O) groups excluding carboxylic acids is 1. The van der Waals surface area contributed by atoms with Gasteiger partial charge in [-0.15, -0.1) is 6.58 Å². The summed E-state index contributed by atoms with van der Waals surface area (Å²) in [5, 5.41) is 20.9. The van der Waals surface area contributed by atoms with Gasteiger partial charge in [-0.2, -0.15) is 0 Å². The molecule has 0 aliphatic heterocycles. The van der Waals surface area contributed by atoms with Crippen molar-refractivity contribution in [3.05, 3.63) is 12.7 Å². The fourth-order valence-electron chi connectivity index (χ4n) is 3.93. The van der Waals surface area contributed by atoms with Crippen LogP contribution in [0, 0.1) is 17.3 Å². The summed E-state index contributed by atoms with van der Waals surface area (Å²) in [6.07, 6.45) is 1.78. The molecule has 2 N–H and O–H groups in total. The van der Waals surface area contributed by atoms with E-state index in [0.717, 1.165) is 6.42 Å². The number of nitrogens with zero attached hydrogens (tertiary/aromatic N) is 1. The van der Waals surface area contributed by atoms with Gasteiger partial charge in [-0.3, -0.25) is 4.99 Å². The number of hydrogen-bond donors (Lipinski definition) is 2. The summed E-state index contributed by atoms with van der Waals surface area (Å²) in [5.41, 5.74) is -0.380. The van der Waals surface area contributed by atoms with Crippen LogP contribution in [0.5, 0.6) is 0 Å². The number of esters is 1. The Hall–Kier alpha value is -1.20. The zero-order chi connectivity index (χ0) is 16.7. The average molecular weight is 309 g/mol. The largest absolute Gasteiger partial charge is 0.464 e. The molecule has 0 aromatic rings. The van der Waals surface area contributed by atoms with Crippen LogP contribution in [0.25, 0.3) is 0 Å². The van der Waals surface area contributed by atoms with Crippen molar-refractivity contribution in [1.29, 1.82) is 0 Å². The number of aliphatic hydroxyl groups is 2. The molecule has 2 bridgehead atoms. The van der Waals surface area contributed by atoms with Crippen molar-refractivity contribution in [2.24, 2.45) is 22.2 Å². The maximum Gasteiger partial charge on any atom is 0.333 e. The lowest BCUT2D eigenvalue weighted by Gasteiger charge is -2.62. The Labute approximate surface area is 132 Å². The normalized spacial score (nSPS) is 37.1. The van der Waals surface area contributed by atoms with Crippen LogP contribution in [0.15, 0.2) is 17.6 Å². The van der Waals surface area contributed by atoms with Gasteiger partial charge in [0.1, 0.15) is 11.7 Å². The summed E-state index contributed by atoms with van der Waals surface area (Å²) in [7, 11) is 0. The Morgan fingerprint density at radius 1 is 1.55 bits per heavy atom. The van der Waals surface area contributed by atoms with Crippen LogP contribution in [-0.4, -0.2) is 46.2 Å². The van der Waals surface area contributed by atoms with Crippen LogP contribution in [0.2, 0.25) is 0 Å². The van der Waals surface area contributed by atoms with Gasteiger partial charge in [-0.1, -0.05) is 19.9 Å².